The zero-order valence-corrected chi connectivity index (χ0v) is 8.17. The predicted octanol–water partition coefficient (Wildman–Crippen LogP) is 0.350. The van der Waals surface area contributed by atoms with Crippen LogP contribution in [0.15, 0.2) is 0 Å². The molecule has 2 fully saturated rings. The number of hydrogen-bond donors (Lipinski definition) is 2. The third-order valence-corrected chi connectivity index (χ3v) is 3.18. The summed E-state index contributed by atoms with van der Waals surface area (Å²) in [5, 5.41) is 3.55. The van der Waals surface area contributed by atoms with Crippen LogP contribution in [0.1, 0.15) is 19.3 Å². The number of hydrogen-bond acceptors (Lipinski definition) is 3. The third-order valence-electron chi connectivity index (χ3n) is 3.18. The van der Waals surface area contributed by atoms with Gasteiger partial charge in [-0.25, -0.2) is 0 Å². The molecular weight excluding hydrogens is 164 g/mol. The first kappa shape index (κ1) is 9.44. The summed E-state index contributed by atoms with van der Waals surface area (Å²) in [6.07, 6.45) is 3.92. The maximum Gasteiger partial charge on any atom is 0.0498 e. The van der Waals surface area contributed by atoms with Crippen LogP contribution in [0.2, 0.25) is 0 Å². The van der Waals surface area contributed by atoms with Crippen molar-refractivity contribution in [2.45, 2.75) is 25.3 Å². The average Bonchev–Trinajstić information content (AvgIpc) is 2.81. The second-order valence-electron chi connectivity index (χ2n) is 4.30. The van der Waals surface area contributed by atoms with E-state index in [-0.39, 0.29) is 0 Å². The summed E-state index contributed by atoms with van der Waals surface area (Å²) < 4.78 is 5.38. The van der Waals surface area contributed by atoms with Gasteiger partial charge in [-0.15, -0.1) is 0 Å². The molecule has 1 heterocycles. The second kappa shape index (κ2) is 4.40. The zero-order valence-electron chi connectivity index (χ0n) is 8.17. The van der Waals surface area contributed by atoms with Gasteiger partial charge in [-0.3, -0.25) is 0 Å². The van der Waals surface area contributed by atoms with Gasteiger partial charge in [0.2, 0.25) is 0 Å². The highest BCUT2D eigenvalue weighted by Gasteiger charge is 2.27. The average molecular weight is 184 g/mol. The number of ether oxygens (including phenoxy) is 1. The van der Waals surface area contributed by atoms with Crippen LogP contribution in [0.3, 0.4) is 0 Å². The number of nitrogens with two attached hydrogens (primary N) is 1. The van der Waals surface area contributed by atoms with Crippen LogP contribution >= 0.6 is 0 Å². The highest BCUT2D eigenvalue weighted by atomic mass is 16.5. The Morgan fingerprint density at radius 3 is 2.77 bits per heavy atom. The lowest BCUT2D eigenvalue weighted by Crippen LogP contribution is -2.34. The smallest absolute Gasteiger partial charge is 0.0498 e. The van der Waals surface area contributed by atoms with E-state index in [0.717, 1.165) is 32.3 Å². The predicted molar refractivity (Wildman–Crippen MR) is 52.5 cm³/mol. The normalized spacial score (nSPS) is 30.7. The monoisotopic (exact) mass is 184 g/mol. The van der Waals surface area contributed by atoms with Crippen molar-refractivity contribution in [3.63, 3.8) is 0 Å². The molecule has 0 bridgehead atoms. The van der Waals surface area contributed by atoms with Crippen molar-refractivity contribution in [2.75, 3.05) is 26.3 Å². The molecule has 1 aliphatic carbocycles. The SMILES string of the molecule is NCC(CNC1CC1)C1CCOC1. The summed E-state index contributed by atoms with van der Waals surface area (Å²) in [4.78, 5) is 0. The van der Waals surface area contributed by atoms with Gasteiger partial charge in [0, 0.05) is 19.3 Å². The van der Waals surface area contributed by atoms with Crippen LogP contribution < -0.4 is 11.1 Å². The Balaban J connectivity index is 1.70. The fourth-order valence-electron chi connectivity index (χ4n) is 1.97. The van der Waals surface area contributed by atoms with Gasteiger partial charge in [-0.05, 0) is 44.2 Å². The molecule has 1 saturated carbocycles. The maximum atomic E-state index is 5.76. The number of nitrogens with one attached hydrogen (secondary N) is 1. The quantitative estimate of drug-likeness (QED) is 0.648. The van der Waals surface area contributed by atoms with Crippen molar-refractivity contribution in [1.29, 1.82) is 0 Å². The molecule has 0 aromatic rings. The minimum Gasteiger partial charge on any atom is -0.381 e. The van der Waals surface area contributed by atoms with Crippen molar-refractivity contribution >= 4 is 0 Å². The van der Waals surface area contributed by atoms with Gasteiger partial charge >= 0.3 is 0 Å². The van der Waals surface area contributed by atoms with Gasteiger partial charge in [-0.1, -0.05) is 0 Å². The molecule has 0 aromatic heterocycles. The van der Waals surface area contributed by atoms with Crippen LogP contribution in [0, 0.1) is 11.8 Å². The molecular formula is C10H20N2O. The molecule has 0 spiro atoms. The first-order valence-electron chi connectivity index (χ1n) is 5.41. The van der Waals surface area contributed by atoms with E-state index in [1.807, 2.05) is 0 Å². The van der Waals surface area contributed by atoms with E-state index in [0.29, 0.717) is 11.8 Å². The Hall–Kier alpha value is -0.120. The lowest BCUT2D eigenvalue weighted by atomic mass is 9.91. The van der Waals surface area contributed by atoms with E-state index in [9.17, 15) is 0 Å². The van der Waals surface area contributed by atoms with Gasteiger partial charge in [0.1, 0.15) is 0 Å². The Labute approximate surface area is 80.0 Å². The van der Waals surface area contributed by atoms with E-state index < -0.39 is 0 Å². The molecule has 0 radical (unpaired) electrons. The highest BCUT2D eigenvalue weighted by molar-refractivity contribution is 4.84. The minimum atomic E-state index is 0.628. The van der Waals surface area contributed by atoms with Gasteiger partial charge in [0.25, 0.3) is 0 Å². The van der Waals surface area contributed by atoms with Crippen molar-refractivity contribution < 1.29 is 4.74 Å². The number of rotatable bonds is 5. The largest absolute Gasteiger partial charge is 0.381 e. The highest BCUT2D eigenvalue weighted by Crippen LogP contribution is 2.23. The minimum absolute atomic E-state index is 0.628. The Morgan fingerprint density at radius 1 is 1.38 bits per heavy atom. The molecule has 3 nitrogen and oxygen atoms in total. The van der Waals surface area contributed by atoms with Crippen molar-refractivity contribution in [1.82, 2.24) is 5.32 Å². The van der Waals surface area contributed by atoms with Crippen LogP contribution in [-0.2, 0) is 4.74 Å². The Kier molecular flexibility index (Phi) is 3.19. The molecule has 2 aliphatic rings. The summed E-state index contributed by atoms with van der Waals surface area (Å²) in [5.74, 6) is 1.33. The van der Waals surface area contributed by atoms with E-state index in [4.69, 9.17) is 10.5 Å². The summed E-state index contributed by atoms with van der Waals surface area (Å²) >= 11 is 0. The lowest BCUT2D eigenvalue weighted by Gasteiger charge is -2.20. The van der Waals surface area contributed by atoms with Crippen LogP contribution in [0.4, 0.5) is 0 Å². The zero-order chi connectivity index (χ0) is 9.10. The first-order chi connectivity index (χ1) is 6.40. The summed E-state index contributed by atoms with van der Waals surface area (Å²) in [6.45, 7) is 3.75. The molecule has 2 rings (SSSR count). The molecule has 0 amide bonds. The molecule has 76 valence electrons. The lowest BCUT2D eigenvalue weighted by molar-refractivity contribution is 0.172. The topological polar surface area (TPSA) is 47.3 Å². The summed E-state index contributed by atoms with van der Waals surface area (Å²) in [7, 11) is 0. The van der Waals surface area contributed by atoms with E-state index in [1.165, 1.54) is 19.3 Å². The van der Waals surface area contributed by atoms with E-state index in [2.05, 4.69) is 5.32 Å². The van der Waals surface area contributed by atoms with Gasteiger partial charge in [0.15, 0.2) is 0 Å². The maximum absolute atomic E-state index is 5.76. The first-order valence-corrected chi connectivity index (χ1v) is 5.41. The molecule has 2 atom stereocenters. The standard InChI is InChI=1S/C10H20N2O/c11-5-9(6-12-10-1-2-10)8-3-4-13-7-8/h8-10,12H,1-7,11H2. The molecule has 1 aliphatic heterocycles. The Bertz CT molecular complexity index is 153. The van der Waals surface area contributed by atoms with Crippen molar-refractivity contribution in [2.24, 2.45) is 17.6 Å². The molecule has 1 saturated heterocycles. The van der Waals surface area contributed by atoms with Gasteiger partial charge in [-0.2, -0.15) is 0 Å². The van der Waals surface area contributed by atoms with E-state index in [1.54, 1.807) is 0 Å². The second-order valence-corrected chi connectivity index (χ2v) is 4.30. The van der Waals surface area contributed by atoms with Gasteiger partial charge in [0.05, 0.1) is 0 Å². The summed E-state index contributed by atoms with van der Waals surface area (Å²) in [6, 6.07) is 0.802. The van der Waals surface area contributed by atoms with E-state index >= 15 is 0 Å². The van der Waals surface area contributed by atoms with Gasteiger partial charge < -0.3 is 15.8 Å². The van der Waals surface area contributed by atoms with Crippen LogP contribution in [0.5, 0.6) is 0 Å². The molecule has 13 heavy (non-hydrogen) atoms. The third kappa shape index (κ3) is 2.66. The van der Waals surface area contributed by atoms with Crippen molar-refractivity contribution in [3.05, 3.63) is 0 Å². The fraction of sp³-hybridized carbons (Fsp3) is 1.00. The molecule has 3 N–H and O–H groups in total. The molecule has 0 aromatic carbocycles. The van der Waals surface area contributed by atoms with Crippen LogP contribution in [-0.4, -0.2) is 32.3 Å². The summed E-state index contributed by atoms with van der Waals surface area (Å²) in [5.41, 5.74) is 5.76. The molecule has 3 heteroatoms. The Morgan fingerprint density at radius 2 is 2.23 bits per heavy atom. The van der Waals surface area contributed by atoms with Crippen LogP contribution in [0.25, 0.3) is 0 Å². The van der Waals surface area contributed by atoms with Crippen molar-refractivity contribution in [3.8, 4) is 0 Å². The fourth-order valence-corrected chi connectivity index (χ4v) is 1.97. The molecule has 2 unspecified atom stereocenters.